The molecule has 1 aliphatic heterocycles. The number of hydrogen-bond donors (Lipinski definition) is 1. The summed E-state index contributed by atoms with van der Waals surface area (Å²) in [6, 6.07) is 0.702. The van der Waals surface area contributed by atoms with Crippen LogP contribution in [0, 0.1) is 5.41 Å². The molecule has 1 atom stereocenters. The highest BCUT2D eigenvalue weighted by Gasteiger charge is 2.36. The smallest absolute Gasteiger partial charge is 0.0192 e. The zero-order valence-electron chi connectivity index (χ0n) is 8.15. The van der Waals surface area contributed by atoms with Gasteiger partial charge in [0.15, 0.2) is 0 Å². The molecule has 0 aromatic carbocycles. The van der Waals surface area contributed by atoms with Crippen molar-refractivity contribution in [1.82, 2.24) is 10.2 Å². The molecule has 1 N–H and O–H groups in total. The number of hydrogen-bond acceptors (Lipinski definition) is 2. The number of likely N-dealkylation sites (N-methyl/N-ethyl adjacent to an activating group) is 1. The number of likely N-dealkylation sites (tertiary alicyclic amines) is 1. The van der Waals surface area contributed by atoms with E-state index in [4.69, 9.17) is 0 Å². The Bertz CT molecular complexity index is 124. The largest absolute Gasteiger partial charge is 0.318 e. The van der Waals surface area contributed by atoms with Crippen molar-refractivity contribution in [2.24, 2.45) is 5.41 Å². The molecule has 11 heavy (non-hydrogen) atoms. The first kappa shape index (κ1) is 9.01. The first-order valence-corrected chi connectivity index (χ1v) is 4.44. The van der Waals surface area contributed by atoms with Crippen LogP contribution in [0.4, 0.5) is 0 Å². The predicted molar refractivity (Wildman–Crippen MR) is 48.7 cm³/mol. The quantitative estimate of drug-likeness (QED) is 0.654. The van der Waals surface area contributed by atoms with Crippen molar-refractivity contribution < 1.29 is 0 Å². The summed E-state index contributed by atoms with van der Waals surface area (Å²) in [6.45, 7) is 10.6. The summed E-state index contributed by atoms with van der Waals surface area (Å²) in [7, 11) is 2.02. The van der Waals surface area contributed by atoms with Crippen molar-refractivity contribution in [2.45, 2.75) is 26.8 Å². The molecule has 0 radical (unpaired) electrons. The van der Waals surface area contributed by atoms with Crippen molar-refractivity contribution >= 4 is 0 Å². The topological polar surface area (TPSA) is 15.3 Å². The maximum Gasteiger partial charge on any atom is 0.0192 e. The van der Waals surface area contributed by atoms with E-state index in [0.29, 0.717) is 11.5 Å². The molecule has 0 bridgehead atoms. The standard InChI is InChI=1S/C9H20N2/c1-8(5-10-4)11-6-9(2,3)7-11/h8,10H,5-7H2,1-4H3. The Balaban J connectivity index is 2.21. The van der Waals surface area contributed by atoms with Crippen molar-refractivity contribution in [3.8, 4) is 0 Å². The van der Waals surface area contributed by atoms with Crippen molar-refractivity contribution in [3.63, 3.8) is 0 Å². The third-order valence-corrected chi connectivity index (χ3v) is 2.39. The lowest BCUT2D eigenvalue weighted by molar-refractivity contribution is 0.000813. The van der Waals surface area contributed by atoms with Crippen molar-refractivity contribution in [2.75, 3.05) is 26.7 Å². The summed E-state index contributed by atoms with van der Waals surface area (Å²) < 4.78 is 0. The minimum atomic E-state index is 0.571. The van der Waals surface area contributed by atoms with E-state index in [-0.39, 0.29) is 0 Å². The monoisotopic (exact) mass is 156 g/mol. The fraction of sp³-hybridized carbons (Fsp3) is 1.00. The van der Waals surface area contributed by atoms with E-state index in [2.05, 4.69) is 31.0 Å². The fourth-order valence-electron chi connectivity index (χ4n) is 1.79. The lowest BCUT2D eigenvalue weighted by Gasteiger charge is -2.49. The van der Waals surface area contributed by atoms with E-state index < -0.39 is 0 Å². The third-order valence-electron chi connectivity index (χ3n) is 2.39. The molecule has 1 saturated heterocycles. The van der Waals surface area contributed by atoms with Crippen LogP contribution < -0.4 is 5.32 Å². The van der Waals surface area contributed by atoms with Gasteiger partial charge in [0, 0.05) is 25.7 Å². The molecule has 0 aromatic rings. The average Bonchev–Trinajstić information content (AvgIpc) is 1.83. The molecule has 1 aliphatic rings. The fourth-order valence-corrected chi connectivity index (χ4v) is 1.79. The van der Waals surface area contributed by atoms with Crippen LogP contribution in [0.2, 0.25) is 0 Å². The van der Waals surface area contributed by atoms with Crippen LogP contribution in [0.25, 0.3) is 0 Å². The summed E-state index contributed by atoms with van der Waals surface area (Å²) in [5.41, 5.74) is 0.571. The molecule has 0 amide bonds. The Morgan fingerprint density at radius 1 is 1.45 bits per heavy atom. The van der Waals surface area contributed by atoms with E-state index in [1.165, 1.54) is 13.1 Å². The zero-order valence-corrected chi connectivity index (χ0v) is 8.15. The summed E-state index contributed by atoms with van der Waals surface area (Å²) >= 11 is 0. The molecule has 0 aromatic heterocycles. The minimum Gasteiger partial charge on any atom is -0.318 e. The third kappa shape index (κ3) is 2.17. The molecule has 0 saturated carbocycles. The molecule has 2 nitrogen and oxygen atoms in total. The van der Waals surface area contributed by atoms with Gasteiger partial charge in [0.25, 0.3) is 0 Å². The summed E-state index contributed by atoms with van der Waals surface area (Å²) in [5, 5.41) is 3.20. The zero-order chi connectivity index (χ0) is 8.48. The van der Waals surface area contributed by atoms with Gasteiger partial charge < -0.3 is 5.32 Å². The van der Waals surface area contributed by atoms with E-state index >= 15 is 0 Å². The van der Waals surface area contributed by atoms with Gasteiger partial charge in [-0.2, -0.15) is 0 Å². The Hall–Kier alpha value is -0.0800. The number of nitrogens with one attached hydrogen (secondary N) is 1. The SMILES string of the molecule is CNCC(C)N1CC(C)(C)C1. The highest BCUT2D eigenvalue weighted by Crippen LogP contribution is 2.29. The van der Waals surface area contributed by atoms with Gasteiger partial charge in [0.1, 0.15) is 0 Å². The first-order chi connectivity index (χ1) is 5.05. The van der Waals surface area contributed by atoms with Gasteiger partial charge in [-0.1, -0.05) is 13.8 Å². The van der Waals surface area contributed by atoms with Crippen LogP contribution in [0.15, 0.2) is 0 Å². The molecule has 1 rings (SSSR count). The molecular formula is C9H20N2. The summed E-state index contributed by atoms with van der Waals surface area (Å²) in [4.78, 5) is 2.52. The normalized spacial score (nSPS) is 26.2. The van der Waals surface area contributed by atoms with Crippen molar-refractivity contribution in [3.05, 3.63) is 0 Å². The molecule has 1 heterocycles. The molecule has 1 unspecified atom stereocenters. The van der Waals surface area contributed by atoms with Crippen LogP contribution in [-0.4, -0.2) is 37.6 Å². The second kappa shape index (κ2) is 3.11. The van der Waals surface area contributed by atoms with Crippen LogP contribution in [0.1, 0.15) is 20.8 Å². The number of nitrogens with zero attached hydrogens (tertiary/aromatic N) is 1. The molecule has 0 aliphatic carbocycles. The summed E-state index contributed by atoms with van der Waals surface area (Å²) in [5.74, 6) is 0. The van der Waals surface area contributed by atoms with E-state index in [0.717, 1.165) is 6.54 Å². The lowest BCUT2D eigenvalue weighted by Crippen LogP contribution is -2.58. The second-order valence-electron chi connectivity index (χ2n) is 4.48. The van der Waals surface area contributed by atoms with Gasteiger partial charge in [-0.05, 0) is 19.4 Å². The molecule has 0 spiro atoms. The minimum absolute atomic E-state index is 0.571. The van der Waals surface area contributed by atoms with Gasteiger partial charge in [0.05, 0.1) is 0 Å². The van der Waals surface area contributed by atoms with Gasteiger partial charge in [0.2, 0.25) is 0 Å². The van der Waals surface area contributed by atoms with E-state index in [1.807, 2.05) is 7.05 Å². The van der Waals surface area contributed by atoms with Crippen LogP contribution in [-0.2, 0) is 0 Å². The van der Waals surface area contributed by atoms with E-state index in [1.54, 1.807) is 0 Å². The Morgan fingerprint density at radius 2 is 2.00 bits per heavy atom. The highest BCUT2D eigenvalue weighted by molar-refractivity contribution is 4.90. The maximum atomic E-state index is 3.20. The maximum absolute atomic E-state index is 3.20. The van der Waals surface area contributed by atoms with Crippen LogP contribution in [0.3, 0.4) is 0 Å². The first-order valence-electron chi connectivity index (χ1n) is 4.44. The van der Waals surface area contributed by atoms with Gasteiger partial charge in [-0.3, -0.25) is 4.90 Å². The van der Waals surface area contributed by atoms with Gasteiger partial charge >= 0.3 is 0 Å². The van der Waals surface area contributed by atoms with Crippen molar-refractivity contribution in [1.29, 1.82) is 0 Å². The van der Waals surface area contributed by atoms with Gasteiger partial charge in [-0.25, -0.2) is 0 Å². The second-order valence-corrected chi connectivity index (χ2v) is 4.48. The lowest BCUT2D eigenvalue weighted by atomic mass is 9.83. The van der Waals surface area contributed by atoms with Gasteiger partial charge in [-0.15, -0.1) is 0 Å². The van der Waals surface area contributed by atoms with E-state index in [9.17, 15) is 0 Å². The Morgan fingerprint density at radius 3 is 2.36 bits per heavy atom. The Labute approximate surface area is 70.0 Å². The average molecular weight is 156 g/mol. The molecule has 2 heteroatoms. The Kier molecular flexibility index (Phi) is 2.55. The summed E-state index contributed by atoms with van der Waals surface area (Å²) in [6.07, 6.45) is 0. The van der Waals surface area contributed by atoms with Crippen LogP contribution in [0.5, 0.6) is 0 Å². The number of rotatable bonds is 3. The molecule has 1 fully saturated rings. The van der Waals surface area contributed by atoms with Crippen LogP contribution >= 0.6 is 0 Å². The molecular weight excluding hydrogens is 136 g/mol. The predicted octanol–water partition coefficient (Wildman–Crippen LogP) is 0.936. The highest BCUT2D eigenvalue weighted by atomic mass is 15.2. The molecule has 66 valence electrons.